The van der Waals surface area contributed by atoms with Crippen LogP contribution in [0.2, 0.25) is 0 Å². The first kappa shape index (κ1) is 17.5. The van der Waals surface area contributed by atoms with Crippen LogP contribution >= 0.6 is 0 Å². The fourth-order valence-corrected chi connectivity index (χ4v) is 2.94. The third-order valence-corrected chi connectivity index (χ3v) is 4.24. The molecule has 0 aliphatic rings. The number of rotatable bonds is 5. The number of nitrogen functional groups attached to an aromatic ring is 1. The number of amides is 1. The maximum atomic E-state index is 12.8. The van der Waals surface area contributed by atoms with Gasteiger partial charge in [-0.15, -0.1) is 0 Å². The van der Waals surface area contributed by atoms with E-state index in [1.165, 1.54) is 0 Å². The van der Waals surface area contributed by atoms with Crippen LogP contribution < -0.4 is 16.4 Å². The van der Waals surface area contributed by atoms with Gasteiger partial charge in [0, 0.05) is 43.3 Å². The van der Waals surface area contributed by atoms with E-state index in [9.17, 15) is 4.79 Å². The van der Waals surface area contributed by atoms with E-state index in [4.69, 9.17) is 5.73 Å². The lowest BCUT2D eigenvalue weighted by Crippen LogP contribution is -2.15. The van der Waals surface area contributed by atoms with Crippen molar-refractivity contribution in [2.45, 2.75) is 6.54 Å². The number of fused-ring (bicyclic) bond motifs is 1. The summed E-state index contributed by atoms with van der Waals surface area (Å²) in [5.74, 6) is 0.692. The first-order valence-electron chi connectivity index (χ1n) is 8.72. The van der Waals surface area contributed by atoms with E-state index in [0.29, 0.717) is 29.4 Å². The van der Waals surface area contributed by atoms with E-state index < -0.39 is 0 Å². The SMILES string of the molecule is Cn1cc2ccc(NC(=O)c3cccnc3NCc3ccnc(N)c3)cc2n1. The van der Waals surface area contributed by atoms with Crippen molar-refractivity contribution >= 4 is 34.1 Å². The molecule has 4 N–H and O–H groups in total. The molecule has 8 heteroatoms. The van der Waals surface area contributed by atoms with E-state index >= 15 is 0 Å². The molecule has 0 saturated carbocycles. The Morgan fingerprint density at radius 2 is 2.04 bits per heavy atom. The topological polar surface area (TPSA) is 111 Å². The van der Waals surface area contributed by atoms with Crippen LogP contribution in [-0.2, 0) is 13.6 Å². The Morgan fingerprint density at radius 3 is 2.89 bits per heavy atom. The molecule has 0 fully saturated rings. The molecule has 3 heterocycles. The molecule has 0 radical (unpaired) electrons. The van der Waals surface area contributed by atoms with Gasteiger partial charge in [0.25, 0.3) is 5.91 Å². The molecule has 4 aromatic rings. The Kier molecular flexibility index (Phi) is 4.59. The van der Waals surface area contributed by atoms with Gasteiger partial charge < -0.3 is 16.4 Å². The minimum absolute atomic E-state index is 0.250. The molecule has 0 aliphatic carbocycles. The van der Waals surface area contributed by atoms with Crippen molar-refractivity contribution in [2.24, 2.45) is 7.05 Å². The molecule has 1 aromatic carbocycles. The summed E-state index contributed by atoms with van der Waals surface area (Å²) < 4.78 is 1.74. The quantitative estimate of drug-likeness (QED) is 0.496. The summed E-state index contributed by atoms with van der Waals surface area (Å²) in [4.78, 5) is 21.1. The summed E-state index contributed by atoms with van der Waals surface area (Å²) in [6.07, 6.45) is 5.21. The van der Waals surface area contributed by atoms with Gasteiger partial charge in [0.2, 0.25) is 0 Å². The Balaban J connectivity index is 1.52. The summed E-state index contributed by atoms with van der Waals surface area (Å²) >= 11 is 0. The van der Waals surface area contributed by atoms with Crippen molar-refractivity contribution in [1.29, 1.82) is 0 Å². The second-order valence-corrected chi connectivity index (χ2v) is 6.37. The minimum atomic E-state index is -0.250. The molecule has 0 atom stereocenters. The standard InChI is InChI=1S/C20H19N7O/c1-27-12-14-4-5-15(10-17(14)26-27)25-20(28)16-3-2-7-23-19(16)24-11-13-6-8-22-18(21)9-13/h2-10,12H,11H2,1H3,(H2,21,22)(H,23,24)(H,25,28). The normalized spacial score (nSPS) is 10.8. The van der Waals surface area contributed by atoms with Gasteiger partial charge in [-0.25, -0.2) is 9.97 Å². The largest absolute Gasteiger partial charge is 0.384 e. The number of pyridine rings is 2. The molecule has 3 aromatic heterocycles. The van der Waals surface area contributed by atoms with Crippen molar-refractivity contribution in [3.8, 4) is 0 Å². The lowest BCUT2D eigenvalue weighted by atomic mass is 10.2. The molecule has 4 rings (SSSR count). The molecule has 0 bridgehead atoms. The number of benzene rings is 1. The lowest BCUT2D eigenvalue weighted by Gasteiger charge is -2.11. The number of aryl methyl sites for hydroxylation is 1. The van der Waals surface area contributed by atoms with Crippen LogP contribution in [0.5, 0.6) is 0 Å². The van der Waals surface area contributed by atoms with Crippen molar-refractivity contribution in [3.63, 3.8) is 0 Å². The van der Waals surface area contributed by atoms with Crippen LogP contribution in [0.25, 0.3) is 10.9 Å². The van der Waals surface area contributed by atoms with Crippen molar-refractivity contribution in [1.82, 2.24) is 19.7 Å². The molecule has 0 aliphatic heterocycles. The number of carbonyl (C=O) groups excluding carboxylic acids is 1. The van der Waals surface area contributed by atoms with Crippen LogP contribution in [0, 0.1) is 0 Å². The molecule has 140 valence electrons. The van der Waals surface area contributed by atoms with E-state index in [2.05, 4.69) is 25.7 Å². The minimum Gasteiger partial charge on any atom is -0.384 e. The predicted octanol–water partition coefficient (Wildman–Crippen LogP) is 2.81. The zero-order valence-electron chi connectivity index (χ0n) is 15.3. The van der Waals surface area contributed by atoms with Crippen LogP contribution in [0.1, 0.15) is 15.9 Å². The van der Waals surface area contributed by atoms with Crippen LogP contribution in [0.3, 0.4) is 0 Å². The fourth-order valence-electron chi connectivity index (χ4n) is 2.94. The molecule has 0 unspecified atom stereocenters. The van der Waals surface area contributed by atoms with E-state index in [1.807, 2.05) is 37.5 Å². The average molecular weight is 373 g/mol. The van der Waals surface area contributed by atoms with Gasteiger partial charge in [-0.2, -0.15) is 5.10 Å². The Bertz CT molecular complexity index is 1150. The third kappa shape index (κ3) is 3.75. The smallest absolute Gasteiger partial charge is 0.259 e. The number of anilines is 3. The molecule has 0 spiro atoms. The van der Waals surface area contributed by atoms with Gasteiger partial charge >= 0.3 is 0 Å². The van der Waals surface area contributed by atoms with E-state index in [0.717, 1.165) is 16.5 Å². The summed E-state index contributed by atoms with van der Waals surface area (Å²) in [5, 5.41) is 11.5. The fraction of sp³-hybridized carbons (Fsp3) is 0.100. The highest BCUT2D eigenvalue weighted by atomic mass is 16.1. The molecule has 1 amide bonds. The first-order chi connectivity index (χ1) is 13.6. The summed E-state index contributed by atoms with van der Waals surface area (Å²) in [6.45, 7) is 0.476. The summed E-state index contributed by atoms with van der Waals surface area (Å²) in [6, 6.07) is 12.7. The highest BCUT2D eigenvalue weighted by Gasteiger charge is 2.13. The second-order valence-electron chi connectivity index (χ2n) is 6.37. The van der Waals surface area contributed by atoms with Crippen LogP contribution in [-0.4, -0.2) is 25.7 Å². The number of carbonyl (C=O) groups is 1. The number of nitrogens with zero attached hydrogens (tertiary/aromatic N) is 4. The number of hydrogen-bond donors (Lipinski definition) is 3. The number of aromatic nitrogens is 4. The zero-order chi connectivity index (χ0) is 19.5. The zero-order valence-corrected chi connectivity index (χ0v) is 15.3. The number of hydrogen-bond acceptors (Lipinski definition) is 6. The predicted molar refractivity (Wildman–Crippen MR) is 109 cm³/mol. The van der Waals surface area contributed by atoms with Crippen molar-refractivity contribution in [3.05, 3.63) is 72.2 Å². The van der Waals surface area contributed by atoms with Gasteiger partial charge in [-0.1, -0.05) is 0 Å². The molecule has 0 saturated heterocycles. The van der Waals surface area contributed by atoms with E-state index in [1.54, 1.807) is 35.3 Å². The lowest BCUT2D eigenvalue weighted by molar-refractivity contribution is 0.102. The van der Waals surface area contributed by atoms with Crippen LogP contribution in [0.15, 0.2) is 61.1 Å². The van der Waals surface area contributed by atoms with Gasteiger partial charge in [-0.3, -0.25) is 9.48 Å². The molecule has 8 nitrogen and oxygen atoms in total. The number of nitrogens with one attached hydrogen (secondary N) is 2. The summed E-state index contributed by atoms with van der Waals surface area (Å²) in [7, 11) is 1.86. The molecular weight excluding hydrogens is 354 g/mol. The third-order valence-electron chi connectivity index (χ3n) is 4.24. The van der Waals surface area contributed by atoms with Crippen molar-refractivity contribution in [2.75, 3.05) is 16.4 Å². The Labute approximate surface area is 161 Å². The van der Waals surface area contributed by atoms with E-state index in [-0.39, 0.29) is 5.91 Å². The second kappa shape index (κ2) is 7.36. The maximum absolute atomic E-state index is 12.8. The monoisotopic (exact) mass is 373 g/mol. The molecule has 28 heavy (non-hydrogen) atoms. The van der Waals surface area contributed by atoms with Gasteiger partial charge in [-0.05, 0) is 48.0 Å². The molecular formula is C20H19N7O. The average Bonchev–Trinajstić information content (AvgIpc) is 3.06. The Hall–Kier alpha value is -3.94. The van der Waals surface area contributed by atoms with Crippen molar-refractivity contribution < 1.29 is 4.79 Å². The van der Waals surface area contributed by atoms with Gasteiger partial charge in [0.1, 0.15) is 11.6 Å². The maximum Gasteiger partial charge on any atom is 0.259 e. The summed E-state index contributed by atoms with van der Waals surface area (Å²) in [5.41, 5.74) is 8.60. The highest BCUT2D eigenvalue weighted by Crippen LogP contribution is 2.20. The highest BCUT2D eigenvalue weighted by molar-refractivity contribution is 6.08. The first-order valence-corrected chi connectivity index (χ1v) is 8.72. The Morgan fingerprint density at radius 1 is 1.14 bits per heavy atom. The van der Waals surface area contributed by atoms with Crippen LogP contribution in [0.4, 0.5) is 17.3 Å². The van der Waals surface area contributed by atoms with Gasteiger partial charge in [0.05, 0.1) is 11.1 Å². The van der Waals surface area contributed by atoms with Gasteiger partial charge in [0.15, 0.2) is 0 Å². The number of nitrogens with two attached hydrogens (primary N) is 1.